The Hall–Kier alpha value is -1.99. The first-order chi connectivity index (χ1) is 10.0. The van der Waals surface area contributed by atoms with Crippen LogP contribution in [0, 0.1) is 17.0 Å². The second-order valence-electron chi connectivity index (χ2n) is 4.52. The molecule has 0 amide bonds. The van der Waals surface area contributed by atoms with Crippen LogP contribution >= 0.6 is 15.9 Å². The summed E-state index contributed by atoms with van der Waals surface area (Å²) in [5.74, 6) is 0.560. The van der Waals surface area contributed by atoms with Crippen LogP contribution < -0.4 is 5.32 Å². The Bertz CT molecular complexity index is 659. The summed E-state index contributed by atoms with van der Waals surface area (Å²) in [4.78, 5) is 14.4. The van der Waals surface area contributed by atoms with Gasteiger partial charge in [-0.2, -0.15) is 0 Å². The number of nitrogens with zero attached hydrogens (tertiary/aromatic N) is 2. The molecule has 0 saturated heterocycles. The molecule has 0 radical (unpaired) electrons. The molecular formula is C14H14BrN3O3. The Morgan fingerprint density at radius 3 is 2.52 bits per heavy atom. The van der Waals surface area contributed by atoms with E-state index < -0.39 is 4.92 Å². The summed E-state index contributed by atoms with van der Waals surface area (Å²) in [6.45, 7) is 2.22. The predicted octanol–water partition coefficient (Wildman–Crippen LogP) is 3.17. The lowest BCUT2D eigenvalue weighted by atomic mass is 10.1. The van der Waals surface area contributed by atoms with Gasteiger partial charge in [-0.25, -0.2) is 4.98 Å². The zero-order valence-corrected chi connectivity index (χ0v) is 12.9. The van der Waals surface area contributed by atoms with Crippen LogP contribution in [0.25, 0.3) is 0 Å². The van der Waals surface area contributed by atoms with Crippen LogP contribution in [0.15, 0.2) is 34.9 Å². The number of rotatable bonds is 5. The molecule has 0 unspecified atom stereocenters. The maximum Gasteiger partial charge on any atom is 0.291 e. The van der Waals surface area contributed by atoms with Crippen LogP contribution in [0.1, 0.15) is 16.7 Å². The van der Waals surface area contributed by atoms with Crippen molar-refractivity contribution < 1.29 is 10.0 Å². The van der Waals surface area contributed by atoms with Gasteiger partial charge in [0.1, 0.15) is 12.0 Å². The lowest BCUT2D eigenvalue weighted by molar-refractivity contribution is -0.385. The van der Waals surface area contributed by atoms with Crippen LogP contribution in [0.2, 0.25) is 0 Å². The lowest BCUT2D eigenvalue weighted by Crippen LogP contribution is -2.04. The number of benzene rings is 1. The monoisotopic (exact) mass is 351 g/mol. The minimum atomic E-state index is -0.454. The maximum absolute atomic E-state index is 10.8. The summed E-state index contributed by atoms with van der Waals surface area (Å²) in [7, 11) is 0. The van der Waals surface area contributed by atoms with Gasteiger partial charge in [-0.1, -0.05) is 24.3 Å². The van der Waals surface area contributed by atoms with E-state index in [2.05, 4.69) is 26.2 Å². The van der Waals surface area contributed by atoms with E-state index in [1.165, 1.54) is 6.20 Å². The minimum absolute atomic E-state index is 0.0141. The van der Waals surface area contributed by atoms with Crippen molar-refractivity contribution in [3.05, 3.63) is 61.7 Å². The summed E-state index contributed by atoms with van der Waals surface area (Å²) in [6, 6.07) is 7.51. The first kappa shape index (κ1) is 15.4. The highest BCUT2D eigenvalue weighted by atomic mass is 79.9. The Balaban J connectivity index is 2.12. The molecule has 21 heavy (non-hydrogen) atoms. The van der Waals surface area contributed by atoms with E-state index in [4.69, 9.17) is 5.11 Å². The number of aromatic nitrogens is 1. The summed E-state index contributed by atoms with van der Waals surface area (Å²) in [6.07, 6.45) is 1.25. The molecule has 6 nitrogen and oxygen atoms in total. The molecule has 2 N–H and O–H groups in total. The molecule has 1 aromatic carbocycles. The van der Waals surface area contributed by atoms with Gasteiger partial charge in [-0.15, -0.1) is 0 Å². The van der Waals surface area contributed by atoms with Crippen molar-refractivity contribution in [3.63, 3.8) is 0 Å². The Labute approximate surface area is 130 Å². The van der Waals surface area contributed by atoms with Crippen molar-refractivity contribution in [3.8, 4) is 0 Å². The van der Waals surface area contributed by atoms with Crippen molar-refractivity contribution in [1.29, 1.82) is 0 Å². The molecule has 0 bridgehead atoms. The normalized spacial score (nSPS) is 10.4. The largest absolute Gasteiger partial charge is 0.392 e. The number of halogens is 1. The van der Waals surface area contributed by atoms with E-state index in [1.54, 1.807) is 6.92 Å². The second-order valence-corrected chi connectivity index (χ2v) is 5.31. The van der Waals surface area contributed by atoms with Crippen molar-refractivity contribution in [2.24, 2.45) is 0 Å². The quantitative estimate of drug-likeness (QED) is 0.637. The average Bonchev–Trinajstić information content (AvgIpc) is 2.49. The lowest BCUT2D eigenvalue weighted by Gasteiger charge is -2.10. The van der Waals surface area contributed by atoms with Crippen LogP contribution in [0.3, 0.4) is 0 Å². The molecule has 0 aliphatic heterocycles. The van der Waals surface area contributed by atoms with Gasteiger partial charge in [0, 0.05) is 12.1 Å². The molecule has 2 rings (SSSR count). The molecule has 110 valence electrons. The molecule has 0 fully saturated rings. The van der Waals surface area contributed by atoms with Crippen LogP contribution in [-0.2, 0) is 13.2 Å². The van der Waals surface area contributed by atoms with Gasteiger partial charge in [0.25, 0.3) is 5.69 Å². The molecular weight excluding hydrogens is 338 g/mol. The Kier molecular flexibility index (Phi) is 4.87. The Morgan fingerprint density at radius 1 is 1.33 bits per heavy atom. The van der Waals surface area contributed by atoms with Gasteiger partial charge >= 0.3 is 0 Å². The highest BCUT2D eigenvalue weighted by molar-refractivity contribution is 9.10. The zero-order chi connectivity index (χ0) is 15.4. The fraction of sp³-hybridized carbons (Fsp3) is 0.214. The van der Waals surface area contributed by atoms with Crippen molar-refractivity contribution in [2.75, 3.05) is 5.32 Å². The van der Waals surface area contributed by atoms with Crippen LogP contribution in [-0.4, -0.2) is 15.0 Å². The van der Waals surface area contributed by atoms with Gasteiger partial charge in [0.05, 0.1) is 16.0 Å². The van der Waals surface area contributed by atoms with Crippen molar-refractivity contribution in [2.45, 2.75) is 20.1 Å². The van der Waals surface area contributed by atoms with Gasteiger partial charge in [-0.05, 0) is 34.0 Å². The average molecular weight is 352 g/mol. The SMILES string of the molecule is Cc1c([N+](=O)[O-])cnc(NCc2ccc(CO)cc2)c1Br. The van der Waals surface area contributed by atoms with Crippen LogP contribution in [0.4, 0.5) is 11.5 Å². The number of nitro groups is 1. The first-order valence-electron chi connectivity index (χ1n) is 6.25. The fourth-order valence-electron chi connectivity index (χ4n) is 1.82. The summed E-state index contributed by atoms with van der Waals surface area (Å²) < 4.78 is 0.587. The van der Waals surface area contributed by atoms with Gasteiger partial charge in [-0.3, -0.25) is 10.1 Å². The molecule has 1 aromatic heterocycles. The molecule has 7 heteroatoms. The smallest absolute Gasteiger partial charge is 0.291 e. The van der Waals surface area contributed by atoms with E-state index in [0.717, 1.165) is 11.1 Å². The molecule has 1 heterocycles. The van der Waals surface area contributed by atoms with Crippen molar-refractivity contribution in [1.82, 2.24) is 4.98 Å². The van der Waals surface area contributed by atoms with Gasteiger partial charge < -0.3 is 10.4 Å². The van der Waals surface area contributed by atoms with Crippen molar-refractivity contribution >= 4 is 27.4 Å². The van der Waals surface area contributed by atoms with Crippen LogP contribution in [0.5, 0.6) is 0 Å². The zero-order valence-electron chi connectivity index (χ0n) is 11.3. The van der Waals surface area contributed by atoms with Gasteiger partial charge in [0.2, 0.25) is 0 Å². The highest BCUT2D eigenvalue weighted by Gasteiger charge is 2.16. The van der Waals surface area contributed by atoms with E-state index in [1.807, 2.05) is 24.3 Å². The standard InChI is InChI=1S/C14H14BrN3O3/c1-9-12(18(20)21)7-17-14(13(9)15)16-6-10-2-4-11(8-19)5-3-10/h2-5,7,19H,6,8H2,1H3,(H,16,17). The topological polar surface area (TPSA) is 88.3 Å². The third-order valence-corrected chi connectivity index (χ3v) is 4.07. The number of aliphatic hydroxyl groups excluding tert-OH is 1. The maximum atomic E-state index is 10.8. The summed E-state index contributed by atoms with van der Waals surface area (Å²) >= 11 is 3.33. The number of pyridine rings is 1. The minimum Gasteiger partial charge on any atom is -0.392 e. The number of hydrogen-bond acceptors (Lipinski definition) is 5. The predicted molar refractivity (Wildman–Crippen MR) is 83.0 cm³/mol. The highest BCUT2D eigenvalue weighted by Crippen LogP contribution is 2.30. The van der Waals surface area contributed by atoms with E-state index in [-0.39, 0.29) is 12.3 Å². The second kappa shape index (κ2) is 6.64. The number of hydrogen-bond donors (Lipinski definition) is 2. The molecule has 0 spiro atoms. The Morgan fingerprint density at radius 2 is 1.95 bits per heavy atom. The molecule has 0 saturated carbocycles. The number of nitrogens with one attached hydrogen (secondary N) is 1. The fourth-order valence-corrected chi connectivity index (χ4v) is 2.27. The first-order valence-corrected chi connectivity index (χ1v) is 7.04. The molecule has 2 aromatic rings. The van der Waals surface area contributed by atoms with Gasteiger partial charge in [0.15, 0.2) is 0 Å². The third-order valence-electron chi connectivity index (χ3n) is 3.10. The molecule has 0 aliphatic carbocycles. The van der Waals surface area contributed by atoms with E-state index in [9.17, 15) is 10.1 Å². The van der Waals surface area contributed by atoms with E-state index >= 15 is 0 Å². The number of anilines is 1. The summed E-state index contributed by atoms with van der Waals surface area (Å²) in [5.41, 5.74) is 2.40. The van der Waals surface area contributed by atoms with E-state index in [0.29, 0.717) is 22.4 Å². The summed E-state index contributed by atoms with van der Waals surface area (Å²) in [5, 5.41) is 22.9. The molecule has 0 aliphatic rings. The number of aliphatic hydroxyl groups is 1. The third kappa shape index (κ3) is 3.56. The molecule has 0 atom stereocenters.